The number of hydrogen-bond acceptors (Lipinski definition) is 2. The smallest absolute Gasteiger partial charge is 0.221 e. The van der Waals surface area contributed by atoms with Crippen molar-refractivity contribution in [1.29, 1.82) is 0 Å². The molecule has 16 heavy (non-hydrogen) atoms. The van der Waals surface area contributed by atoms with E-state index >= 15 is 0 Å². The lowest BCUT2D eigenvalue weighted by Gasteiger charge is -2.06. The number of rotatable bonds is 5. The molecule has 5 heteroatoms. The van der Waals surface area contributed by atoms with Crippen LogP contribution in [0.15, 0.2) is 18.2 Å². The second-order valence-corrected chi connectivity index (χ2v) is 3.69. The van der Waals surface area contributed by atoms with E-state index in [-0.39, 0.29) is 10.9 Å². The molecule has 3 nitrogen and oxygen atoms in total. The topological polar surface area (TPSA) is 41.1 Å². The van der Waals surface area contributed by atoms with Crippen LogP contribution < -0.4 is 10.6 Å². The largest absolute Gasteiger partial charge is 0.359 e. The second kappa shape index (κ2) is 6.45. The normalized spacial score (nSPS) is 10.2. The summed E-state index contributed by atoms with van der Waals surface area (Å²) in [5.74, 6) is -0.454. The molecule has 0 unspecified atom stereocenters. The lowest BCUT2D eigenvalue weighted by atomic mass is 10.2. The Balaban J connectivity index is 2.38. The van der Waals surface area contributed by atoms with Gasteiger partial charge in [0.05, 0.1) is 5.02 Å². The van der Waals surface area contributed by atoms with E-state index in [1.54, 1.807) is 19.2 Å². The maximum Gasteiger partial charge on any atom is 0.221 e. The minimum atomic E-state index is -0.424. The number of hydrogen-bond donors (Lipinski definition) is 2. The van der Waals surface area contributed by atoms with Crippen LogP contribution in [0.25, 0.3) is 0 Å². The lowest BCUT2D eigenvalue weighted by Crippen LogP contribution is -2.24. The van der Waals surface area contributed by atoms with Crippen molar-refractivity contribution < 1.29 is 9.18 Å². The molecular formula is C11H14ClFN2O. The molecule has 0 fully saturated rings. The van der Waals surface area contributed by atoms with Crippen LogP contribution in [0.1, 0.15) is 12.0 Å². The van der Waals surface area contributed by atoms with Gasteiger partial charge in [0.15, 0.2) is 0 Å². The van der Waals surface area contributed by atoms with Crippen LogP contribution >= 0.6 is 11.6 Å². The summed E-state index contributed by atoms with van der Waals surface area (Å²) in [7, 11) is 1.59. The zero-order valence-electron chi connectivity index (χ0n) is 9.02. The molecule has 1 rings (SSSR count). The van der Waals surface area contributed by atoms with Gasteiger partial charge in [-0.25, -0.2) is 4.39 Å². The number of nitrogens with one attached hydrogen (secondary N) is 2. The summed E-state index contributed by atoms with van der Waals surface area (Å²) in [5.41, 5.74) is 0.693. The van der Waals surface area contributed by atoms with Crippen LogP contribution in [0.5, 0.6) is 0 Å². The first-order valence-electron chi connectivity index (χ1n) is 4.99. The highest BCUT2D eigenvalue weighted by Crippen LogP contribution is 2.19. The Morgan fingerprint density at radius 2 is 2.25 bits per heavy atom. The van der Waals surface area contributed by atoms with E-state index < -0.39 is 5.82 Å². The Hall–Kier alpha value is -1.13. The summed E-state index contributed by atoms with van der Waals surface area (Å²) >= 11 is 5.77. The molecule has 0 radical (unpaired) electrons. The Bertz CT molecular complexity index is 371. The highest BCUT2D eigenvalue weighted by Gasteiger charge is 2.05. The van der Waals surface area contributed by atoms with E-state index in [1.807, 2.05) is 0 Å². The van der Waals surface area contributed by atoms with Crippen molar-refractivity contribution in [1.82, 2.24) is 10.6 Å². The first kappa shape index (κ1) is 12.9. The van der Waals surface area contributed by atoms with Gasteiger partial charge in [-0.15, -0.1) is 0 Å². The van der Waals surface area contributed by atoms with Gasteiger partial charge in [0.2, 0.25) is 5.91 Å². The molecule has 0 aliphatic rings. The molecule has 0 aliphatic heterocycles. The van der Waals surface area contributed by atoms with Crippen LogP contribution in [0.4, 0.5) is 4.39 Å². The third kappa shape index (κ3) is 3.79. The minimum Gasteiger partial charge on any atom is -0.359 e. The van der Waals surface area contributed by atoms with Crippen molar-refractivity contribution in [3.05, 3.63) is 34.6 Å². The summed E-state index contributed by atoms with van der Waals surface area (Å²) in [6, 6.07) is 4.67. The highest BCUT2D eigenvalue weighted by atomic mass is 35.5. The standard InChI is InChI=1S/C11H14ClFN2O/c1-14-10(16)5-6-15-7-8-3-2-4-9(13)11(8)12/h2-4,15H,5-7H2,1H3,(H,14,16). The van der Waals surface area contributed by atoms with Gasteiger partial charge < -0.3 is 10.6 Å². The summed E-state index contributed by atoms with van der Waals surface area (Å²) in [5, 5.41) is 5.68. The molecule has 0 aromatic heterocycles. The van der Waals surface area contributed by atoms with Gasteiger partial charge in [-0.1, -0.05) is 23.7 Å². The summed E-state index contributed by atoms with van der Waals surface area (Å²) in [4.78, 5) is 10.9. The number of carbonyl (C=O) groups is 1. The number of halogens is 2. The van der Waals surface area contributed by atoms with E-state index in [0.29, 0.717) is 25.1 Å². The maximum atomic E-state index is 13.0. The molecule has 0 bridgehead atoms. The van der Waals surface area contributed by atoms with Crippen molar-refractivity contribution in [3.8, 4) is 0 Å². The fourth-order valence-electron chi connectivity index (χ4n) is 1.23. The molecule has 0 saturated heterocycles. The van der Waals surface area contributed by atoms with Crippen molar-refractivity contribution in [2.75, 3.05) is 13.6 Å². The molecule has 88 valence electrons. The SMILES string of the molecule is CNC(=O)CCNCc1cccc(F)c1Cl. The van der Waals surface area contributed by atoms with E-state index in [1.165, 1.54) is 6.07 Å². The molecule has 2 N–H and O–H groups in total. The van der Waals surface area contributed by atoms with Crippen molar-refractivity contribution >= 4 is 17.5 Å². The first-order valence-corrected chi connectivity index (χ1v) is 5.37. The van der Waals surface area contributed by atoms with E-state index in [0.717, 1.165) is 0 Å². The molecule has 0 atom stereocenters. The Morgan fingerprint density at radius 1 is 1.50 bits per heavy atom. The molecular weight excluding hydrogens is 231 g/mol. The molecule has 1 aromatic rings. The Morgan fingerprint density at radius 3 is 2.94 bits per heavy atom. The van der Waals surface area contributed by atoms with Gasteiger partial charge in [0.25, 0.3) is 0 Å². The first-order chi connectivity index (χ1) is 7.65. The van der Waals surface area contributed by atoms with E-state index in [2.05, 4.69) is 10.6 Å². The van der Waals surface area contributed by atoms with E-state index in [4.69, 9.17) is 11.6 Å². The van der Waals surface area contributed by atoms with Crippen LogP contribution in [0.2, 0.25) is 5.02 Å². The number of carbonyl (C=O) groups excluding carboxylic acids is 1. The summed E-state index contributed by atoms with van der Waals surface area (Å²) in [6.07, 6.45) is 0.392. The number of benzene rings is 1. The fraction of sp³-hybridized carbons (Fsp3) is 0.364. The Kier molecular flexibility index (Phi) is 5.22. The molecule has 1 amide bonds. The van der Waals surface area contributed by atoms with Gasteiger partial charge >= 0.3 is 0 Å². The van der Waals surface area contributed by atoms with Crippen LogP contribution in [-0.2, 0) is 11.3 Å². The Labute approximate surface area is 99.0 Å². The van der Waals surface area contributed by atoms with Crippen molar-refractivity contribution in [2.24, 2.45) is 0 Å². The van der Waals surface area contributed by atoms with Gasteiger partial charge in [0.1, 0.15) is 5.82 Å². The molecule has 0 saturated carbocycles. The summed E-state index contributed by atoms with van der Waals surface area (Å²) < 4.78 is 13.0. The fourth-order valence-corrected chi connectivity index (χ4v) is 1.43. The number of amides is 1. The zero-order valence-corrected chi connectivity index (χ0v) is 9.77. The second-order valence-electron chi connectivity index (χ2n) is 3.31. The third-order valence-corrected chi connectivity index (χ3v) is 2.58. The average Bonchev–Trinajstić information content (AvgIpc) is 2.29. The quantitative estimate of drug-likeness (QED) is 0.775. The average molecular weight is 245 g/mol. The van der Waals surface area contributed by atoms with Gasteiger partial charge in [-0.2, -0.15) is 0 Å². The van der Waals surface area contributed by atoms with E-state index in [9.17, 15) is 9.18 Å². The highest BCUT2D eigenvalue weighted by molar-refractivity contribution is 6.31. The van der Waals surface area contributed by atoms with Crippen molar-refractivity contribution in [2.45, 2.75) is 13.0 Å². The third-order valence-electron chi connectivity index (χ3n) is 2.15. The van der Waals surface area contributed by atoms with Gasteiger partial charge in [-0.3, -0.25) is 4.79 Å². The maximum absolute atomic E-state index is 13.0. The molecule has 0 aliphatic carbocycles. The van der Waals surface area contributed by atoms with Gasteiger partial charge in [-0.05, 0) is 11.6 Å². The predicted molar refractivity (Wildman–Crippen MR) is 61.8 cm³/mol. The van der Waals surface area contributed by atoms with Crippen LogP contribution in [0.3, 0.4) is 0 Å². The predicted octanol–water partition coefficient (Wildman–Crippen LogP) is 1.70. The monoisotopic (exact) mass is 244 g/mol. The van der Waals surface area contributed by atoms with Gasteiger partial charge in [0, 0.05) is 26.6 Å². The molecule has 1 aromatic carbocycles. The summed E-state index contributed by atoms with van der Waals surface area (Å²) in [6.45, 7) is 0.986. The van der Waals surface area contributed by atoms with Crippen LogP contribution in [-0.4, -0.2) is 19.5 Å². The lowest BCUT2D eigenvalue weighted by molar-refractivity contribution is -0.120. The zero-order chi connectivity index (χ0) is 12.0. The molecule has 0 heterocycles. The van der Waals surface area contributed by atoms with Crippen molar-refractivity contribution in [3.63, 3.8) is 0 Å². The molecule has 0 spiro atoms. The van der Waals surface area contributed by atoms with Crippen LogP contribution in [0, 0.1) is 5.82 Å². The minimum absolute atomic E-state index is 0.0298.